The summed E-state index contributed by atoms with van der Waals surface area (Å²) in [5, 5.41) is 14.2. The maximum absolute atomic E-state index is 13.0. The Balaban J connectivity index is 0.000000563. The van der Waals surface area contributed by atoms with Gasteiger partial charge in [0.1, 0.15) is 23.9 Å². The number of nitrogens with zero attached hydrogens (tertiary/aromatic N) is 4. The molecule has 0 spiro atoms. The van der Waals surface area contributed by atoms with Crippen LogP contribution < -0.4 is 14.2 Å². The van der Waals surface area contributed by atoms with E-state index < -0.39 is 11.1 Å². The molecule has 0 aromatic heterocycles. The number of likely N-dealkylation sites (tertiary alicyclic amines) is 1. The number of morpholine rings is 3. The number of hydrogen-bond acceptors (Lipinski definition) is 17. The molecular formula is C61H94Cl2N4O13Y. The van der Waals surface area contributed by atoms with Crippen molar-refractivity contribution in [2.24, 2.45) is 0 Å². The van der Waals surface area contributed by atoms with Gasteiger partial charge in [0.2, 0.25) is 0 Å². The van der Waals surface area contributed by atoms with Crippen molar-refractivity contribution in [1.29, 1.82) is 0 Å². The summed E-state index contributed by atoms with van der Waals surface area (Å²) in [6, 6.07) is 22.9. The van der Waals surface area contributed by atoms with Crippen molar-refractivity contribution in [3.05, 3.63) is 89.5 Å². The minimum Gasteiger partial charge on any atom is -0.494 e. The second-order valence-electron chi connectivity index (χ2n) is 20.1. The van der Waals surface area contributed by atoms with Gasteiger partial charge in [0.15, 0.2) is 17.3 Å². The van der Waals surface area contributed by atoms with E-state index in [0.29, 0.717) is 76.2 Å². The number of ether oxygens (including phenoxy) is 6. The Hall–Kier alpha value is -3.13. The molecular weight excluding hydrogens is 1160 g/mol. The van der Waals surface area contributed by atoms with Crippen LogP contribution in [0.2, 0.25) is 0 Å². The first-order valence-corrected chi connectivity index (χ1v) is 28.4. The number of Topliss-reactive ketones (excluding diaryl/α,β-unsaturated/α-hetero) is 3. The Morgan fingerprint density at radius 3 is 1.41 bits per heavy atom. The molecule has 2 unspecified atom stereocenters. The van der Waals surface area contributed by atoms with E-state index in [1.54, 1.807) is 6.92 Å². The average Bonchev–Trinajstić information content (AvgIpc) is 3.92. The molecule has 4 aliphatic rings. The summed E-state index contributed by atoms with van der Waals surface area (Å²) in [6.45, 7) is 27.2. The van der Waals surface area contributed by atoms with Crippen molar-refractivity contribution in [3.8, 4) is 29.1 Å². The molecule has 453 valence electrons. The quantitative estimate of drug-likeness (QED) is 0.0212. The fourth-order valence-corrected chi connectivity index (χ4v) is 9.37. The zero-order valence-corrected chi connectivity index (χ0v) is 52.1. The first-order chi connectivity index (χ1) is 37.7. The van der Waals surface area contributed by atoms with Gasteiger partial charge in [-0.1, -0.05) is 20.8 Å². The van der Waals surface area contributed by atoms with Crippen LogP contribution in [0.25, 0.3) is 0 Å². The van der Waals surface area contributed by atoms with Crippen LogP contribution in [0, 0.1) is 11.8 Å². The van der Waals surface area contributed by atoms with Gasteiger partial charge in [-0.05, 0) is 170 Å². The zero-order chi connectivity index (χ0) is 56.6. The molecule has 3 aromatic carbocycles. The van der Waals surface area contributed by atoms with E-state index in [-0.39, 0.29) is 77.6 Å². The maximum Gasteiger partial charge on any atom is 0.182 e. The third-order valence-corrected chi connectivity index (χ3v) is 14.6. The van der Waals surface area contributed by atoms with Crippen molar-refractivity contribution in [2.45, 2.75) is 119 Å². The summed E-state index contributed by atoms with van der Waals surface area (Å²) in [4.78, 5) is 51.4. The third-order valence-electron chi connectivity index (χ3n) is 14.1. The summed E-state index contributed by atoms with van der Waals surface area (Å²) in [5.41, 5.74) is 1.13. The number of hydrogen-bond donors (Lipinski definition) is 1. The number of rotatable bonds is 25. The summed E-state index contributed by atoms with van der Waals surface area (Å²) >= 11 is 11.2. The van der Waals surface area contributed by atoms with Crippen molar-refractivity contribution in [1.82, 2.24) is 19.6 Å². The van der Waals surface area contributed by atoms with E-state index >= 15 is 0 Å². The van der Waals surface area contributed by atoms with E-state index in [2.05, 4.69) is 53.3 Å². The van der Waals surface area contributed by atoms with Crippen LogP contribution in [0.5, 0.6) is 17.2 Å². The van der Waals surface area contributed by atoms with Crippen LogP contribution >= 0.6 is 23.2 Å². The summed E-state index contributed by atoms with van der Waals surface area (Å²) in [7, 11) is 0. The molecule has 4 fully saturated rings. The van der Waals surface area contributed by atoms with Gasteiger partial charge in [-0.2, -0.15) is 4.89 Å². The van der Waals surface area contributed by atoms with Crippen molar-refractivity contribution < 1.29 is 95.7 Å². The molecule has 0 amide bonds. The van der Waals surface area contributed by atoms with E-state index in [1.165, 1.54) is 19.4 Å². The first-order valence-electron chi connectivity index (χ1n) is 27.3. The second kappa shape index (κ2) is 42.6. The van der Waals surface area contributed by atoms with Gasteiger partial charge in [-0.3, -0.25) is 29.1 Å². The molecule has 0 bridgehead atoms. The van der Waals surface area contributed by atoms with Gasteiger partial charge >= 0.3 is 0 Å². The fraction of sp³-hybridized carbons (Fsp3) is 0.623. The predicted octanol–water partition coefficient (Wildman–Crippen LogP) is 10.5. The SMILES string of the molecule is C.C.CC#CCOOOO.CC(C(=O)c1ccc(OCCCCl)cc1)N1CCOCC1.CC(C)(C(=O)c1ccc(OCCCCl)cc1)N1CCOCC1.CC1CCCN1CCCOc1ccc(C(=O)C(C)(C)N2CCOCC2)cc1.[Y]. The predicted molar refractivity (Wildman–Crippen MR) is 317 cm³/mol. The van der Waals surface area contributed by atoms with Crippen LogP contribution in [0.4, 0.5) is 0 Å². The third kappa shape index (κ3) is 26.8. The van der Waals surface area contributed by atoms with Gasteiger partial charge in [-0.25, -0.2) is 5.26 Å². The second-order valence-corrected chi connectivity index (χ2v) is 20.8. The van der Waals surface area contributed by atoms with Crippen molar-refractivity contribution in [3.63, 3.8) is 0 Å². The van der Waals surface area contributed by atoms with Gasteiger partial charge < -0.3 is 33.3 Å². The number of carbonyl (C=O) groups excluding carboxylic acids is 3. The smallest absolute Gasteiger partial charge is 0.182 e. The summed E-state index contributed by atoms with van der Waals surface area (Å²) in [6.07, 6.45) is 5.30. The number of benzene rings is 3. The molecule has 4 saturated heterocycles. The van der Waals surface area contributed by atoms with Crippen LogP contribution in [0.15, 0.2) is 72.8 Å². The van der Waals surface area contributed by atoms with E-state index in [4.69, 9.17) is 56.9 Å². The maximum atomic E-state index is 13.0. The standard InChI is InChI=1S/C22H34N2O3.C17H24ClNO3.C16H22ClNO3.C4H6O4.2CH4.Y/c1-18-6-4-11-23(18)12-5-15-27-20-9-7-19(8-10-20)21(25)22(2,3)24-13-16-26-17-14-24;1-17(2,19-9-12-21-13-10-19)16(20)14-4-6-15(7-5-14)22-11-3-8-18;1-13(18-8-11-20-12-9-18)16(19)14-3-5-15(6-4-14)21-10-2-7-17;1-2-3-4-6-8-7-5;;;/h7-10,18H,4-6,11-17H2,1-3H3;4-7H,3,8-13H2,1-2H3;3-6,13H,2,7-12H2,1H3;5H,4H2,1H3;2*1H4;. The molecule has 7 rings (SSSR count). The minimum atomic E-state index is -0.523. The van der Waals surface area contributed by atoms with Gasteiger partial charge in [-0.15, -0.1) is 29.1 Å². The van der Waals surface area contributed by atoms with Crippen LogP contribution in [-0.4, -0.2) is 196 Å². The van der Waals surface area contributed by atoms with Crippen LogP contribution in [0.1, 0.15) is 126 Å². The van der Waals surface area contributed by atoms with Crippen molar-refractivity contribution in [2.75, 3.05) is 130 Å². The normalized spacial score (nSPS) is 17.1. The molecule has 17 nitrogen and oxygen atoms in total. The van der Waals surface area contributed by atoms with E-state index in [9.17, 15) is 14.4 Å². The van der Waals surface area contributed by atoms with E-state index in [1.807, 2.05) is 107 Å². The van der Waals surface area contributed by atoms with Gasteiger partial charge in [0, 0.05) is 113 Å². The molecule has 4 aliphatic heterocycles. The number of carbonyl (C=O) groups is 3. The number of halogens is 2. The molecule has 20 heteroatoms. The number of alkyl halides is 2. The van der Waals surface area contributed by atoms with Crippen molar-refractivity contribution >= 4 is 40.6 Å². The molecule has 81 heavy (non-hydrogen) atoms. The van der Waals surface area contributed by atoms with Gasteiger partial charge in [0.25, 0.3) is 0 Å². The van der Waals surface area contributed by atoms with Crippen LogP contribution in [-0.2, 0) is 61.9 Å². The monoisotopic (exact) mass is 1250 g/mol. The molecule has 1 N–H and O–H groups in total. The van der Waals surface area contributed by atoms with Crippen LogP contribution in [0.3, 0.4) is 0 Å². The Morgan fingerprint density at radius 2 is 1.04 bits per heavy atom. The largest absolute Gasteiger partial charge is 0.494 e. The zero-order valence-electron chi connectivity index (χ0n) is 47.7. The van der Waals surface area contributed by atoms with E-state index in [0.717, 1.165) is 100 Å². The molecule has 3 aromatic rings. The topological polar surface area (TPSA) is 167 Å². The molecule has 1 radical (unpaired) electrons. The molecule has 2 atom stereocenters. The summed E-state index contributed by atoms with van der Waals surface area (Å²) in [5.74, 6) is 9.01. The molecule has 0 saturated carbocycles. The number of ketones is 3. The first kappa shape index (κ1) is 75.9. The average molecular weight is 1250 g/mol. The Labute approximate surface area is 519 Å². The fourth-order valence-electron chi connectivity index (χ4n) is 9.15. The minimum absolute atomic E-state index is 0. The molecule has 4 heterocycles. The molecule has 0 aliphatic carbocycles. The Bertz CT molecular complexity index is 2220. The Morgan fingerprint density at radius 1 is 0.642 bits per heavy atom. The van der Waals surface area contributed by atoms with Gasteiger partial charge in [0.05, 0.1) is 76.6 Å². The Kier molecular flexibility index (Phi) is 40.0. The summed E-state index contributed by atoms with van der Waals surface area (Å²) < 4.78 is 33.1.